The minimum atomic E-state index is -3.49. The Labute approximate surface area is 119 Å². The molecule has 1 fully saturated rings. The second-order valence-corrected chi connectivity index (χ2v) is 6.80. The van der Waals surface area contributed by atoms with Crippen LogP contribution in [0, 0.1) is 0 Å². The predicted octanol–water partition coefficient (Wildman–Crippen LogP) is 2.71. The van der Waals surface area contributed by atoms with Crippen molar-refractivity contribution in [2.24, 2.45) is 5.11 Å². The zero-order valence-electron chi connectivity index (χ0n) is 11.4. The largest absolute Gasteiger partial charge is 0.243 e. The van der Waals surface area contributed by atoms with Crippen molar-refractivity contribution in [3.8, 4) is 0 Å². The molecule has 0 saturated carbocycles. The van der Waals surface area contributed by atoms with E-state index in [1.807, 2.05) is 19.1 Å². The molecule has 2 rings (SSSR count). The van der Waals surface area contributed by atoms with Gasteiger partial charge in [0, 0.05) is 18.0 Å². The van der Waals surface area contributed by atoms with E-state index in [9.17, 15) is 8.42 Å². The summed E-state index contributed by atoms with van der Waals surface area (Å²) in [5.74, 6) is 0. The van der Waals surface area contributed by atoms with Crippen molar-refractivity contribution in [3.63, 3.8) is 0 Å². The second kappa shape index (κ2) is 6.26. The van der Waals surface area contributed by atoms with Gasteiger partial charge in [-0.25, -0.2) is 8.42 Å². The van der Waals surface area contributed by atoms with Crippen molar-refractivity contribution in [1.29, 1.82) is 0 Å². The number of hydrogen-bond donors (Lipinski definition) is 0. The molecule has 1 heterocycles. The average Bonchev–Trinajstić information content (AvgIpc) is 2.48. The van der Waals surface area contributed by atoms with Crippen molar-refractivity contribution in [1.82, 2.24) is 4.31 Å². The van der Waals surface area contributed by atoms with Crippen molar-refractivity contribution in [2.45, 2.75) is 37.1 Å². The standard InChI is InChI=1S/C13H18N4O2S/c1-2-11-5-7-13(8-6-11)20(18,19)17-9-3-4-12(10-17)15-16-14/h5-8,12H,2-4,9-10H2,1H3. The Morgan fingerprint density at radius 1 is 1.40 bits per heavy atom. The summed E-state index contributed by atoms with van der Waals surface area (Å²) in [6.45, 7) is 2.77. The van der Waals surface area contributed by atoms with Crippen LogP contribution in [0.15, 0.2) is 34.3 Å². The van der Waals surface area contributed by atoms with Crippen LogP contribution < -0.4 is 0 Å². The molecule has 0 aliphatic carbocycles. The van der Waals surface area contributed by atoms with Crippen LogP contribution >= 0.6 is 0 Å². The zero-order valence-corrected chi connectivity index (χ0v) is 12.3. The third-order valence-electron chi connectivity index (χ3n) is 3.54. The highest BCUT2D eigenvalue weighted by Crippen LogP contribution is 2.22. The summed E-state index contributed by atoms with van der Waals surface area (Å²) < 4.78 is 26.5. The Balaban J connectivity index is 2.22. The molecule has 1 aromatic rings. The smallest absolute Gasteiger partial charge is 0.207 e. The lowest BCUT2D eigenvalue weighted by molar-refractivity contribution is 0.316. The highest BCUT2D eigenvalue weighted by Gasteiger charge is 2.29. The number of nitrogens with zero attached hydrogens (tertiary/aromatic N) is 4. The van der Waals surface area contributed by atoms with Gasteiger partial charge >= 0.3 is 0 Å². The molecule has 1 saturated heterocycles. The molecule has 1 unspecified atom stereocenters. The molecule has 0 bridgehead atoms. The summed E-state index contributed by atoms with van der Waals surface area (Å²) >= 11 is 0. The number of rotatable bonds is 4. The maximum Gasteiger partial charge on any atom is 0.243 e. The van der Waals surface area contributed by atoms with Gasteiger partial charge in [0.25, 0.3) is 0 Å². The quantitative estimate of drug-likeness (QED) is 0.485. The van der Waals surface area contributed by atoms with E-state index in [-0.39, 0.29) is 12.6 Å². The normalized spacial score (nSPS) is 20.4. The molecule has 1 aromatic carbocycles. The lowest BCUT2D eigenvalue weighted by Gasteiger charge is -2.29. The Hall–Kier alpha value is -1.56. The van der Waals surface area contributed by atoms with Crippen molar-refractivity contribution >= 4 is 10.0 Å². The van der Waals surface area contributed by atoms with Gasteiger partial charge in [-0.2, -0.15) is 4.31 Å². The van der Waals surface area contributed by atoms with Crippen LogP contribution in [0.2, 0.25) is 0 Å². The molecule has 6 nitrogen and oxygen atoms in total. The van der Waals surface area contributed by atoms with Gasteiger partial charge in [-0.05, 0) is 42.5 Å². The molecule has 0 spiro atoms. The predicted molar refractivity (Wildman–Crippen MR) is 76.7 cm³/mol. The molecule has 1 atom stereocenters. The minimum absolute atomic E-state index is 0.265. The molecular weight excluding hydrogens is 276 g/mol. The van der Waals surface area contributed by atoms with Crippen LogP contribution in [0.5, 0.6) is 0 Å². The molecule has 1 aliphatic heterocycles. The first-order valence-electron chi connectivity index (χ1n) is 6.71. The van der Waals surface area contributed by atoms with E-state index in [2.05, 4.69) is 10.0 Å². The van der Waals surface area contributed by atoms with Crippen LogP contribution in [-0.2, 0) is 16.4 Å². The summed E-state index contributed by atoms with van der Waals surface area (Å²) in [6, 6.07) is 6.69. The summed E-state index contributed by atoms with van der Waals surface area (Å²) in [5.41, 5.74) is 9.58. The van der Waals surface area contributed by atoms with Gasteiger partial charge in [0.1, 0.15) is 0 Å². The van der Waals surface area contributed by atoms with Crippen molar-refractivity contribution in [3.05, 3.63) is 40.3 Å². The van der Waals surface area contributed by atoms with Crippen LogP contribution in [0.1, 0.15) is 25.3 Å². The van der Waals surface area contributed by atoms with Crippen LogP contribution in [0.4, 0.5) is 0 Å². The fraction of sp³-hybridized carbons (Fsp3) is 0.538. The van der Waals surface area contributed by atoms with E-state index in [1.165, 1.54) is 4.31 Å². The molecular formula is C13H18N4O2S. The number of azide groups is 1. The van der Waals surface area contributed by atoms with E-state index < -0.39 is 10.0 Å². The lowest BCUT2D eigenvalue weighted by atomic mass is 10.1. The maximum atomic E-state index is 12.5. The highest BCUT2D eigenvalue weighted by atomic mass is 32.2. The van der Waals surface area contributed by atoms with E-state index in [0.29, 0.717) is 11.4 Å². The van der Waals surface area contributed by atoms with Gasteiger partial charge < -0.3 is 0 Å². The van der Waals surface area contributed by atoms with Crippen LogP contribution in [-0.4, -0.2) is 31.9 Å². The lowest BCUT2D eigenvalue weighted by Crippen LogP contribution is -2.41. The van der Waals surface area contributed by atoms with Gasteiger partial charge in [-0.3, -0.25) is 0 Å². The van der Waals surface area contributed by atoms with E-state index in [0.717, 1.165) is 24.8 Å². The second-order valence-electron chi connectivity index (χ2n) is 4.86. The molecule has 108 valence electrons. The topological polar surface area (TPSA) is 86.1 Å². The molecule has 1 aliphatic rings. The number of hydrogen-bond acceptors (Lipinski definition) is 3. The highest BCUT2D eigenvalue weighted by molar-refractivity contribution is 7.89. The van der Waals surface area contributed by atoms with E-state index >= 15 is 0 Å². The summed E-state index contributed by atoms with van der Waals surface area (Å²) in [5, 5.41) is 3.64. The first kappa shape index (κ1) is 14.8. The van der Waals surface area contributed by atoms with E-state index in [1.54, 1.807) is 12.1 Å². The first-order valence-corrected chi connectivity index (χ1v) is 8.15. The summed E-state index contributed by atoms with van der Waals surface area (Å²) in [4.78, 5) is 3.08. The van der Waals surface area contributed by atoms with Gasteiger partial charge in [0.15, 0.2) is 0 Å². The monoisotopic (exact) mass is 294 g/mol. The Morgan fingerprint density at radius 2 is 2.10 bits per heavy atom. The van der Waals surface area contributed by atoms with Crippen LogP contribution in [0.3, 0.4) is 0 Å². The van der Waals surface area contributed by atoms with Gasteiger partial charge in [0.2, 0.25) is 10.0 Å². The summed E-state index contributed by atoms with van der Waals surface area (Å²) in [7, 11) is -3.49. The number of aryl methyl sites for hydroxylation is 1. The number of piperidine rings is 1. The van der Waals surface area contributed by atoms with Crippen molar-refractivity contribution < 1.29 is 8.42 Å². The van der Waals surface area contributed by atoms with Gasteiger partial charge in [-0.1, -0.05) is 24.2 Å². The SMILES string of the molecule is CCc1ccc(S(=O)(=O)N2CCCC(N=[N+]=[N-])C2)cc1. The number of sulfonamides is 1. The Kier molecular flexibility index (Phi) is 4.65. The fourth-order valence-corrected chi connectivity index (χ4v) is 3.87. The molecule has 0 N–H and O–H groups in total. The average molecular weight is 294 g/mol. The molecule has 7 heteroatoms. The van der Waals surface area contributed by atoms with Gasteiger partial charge in [0.05, 0.1) is 10.9 Å². The zero-order chi connectivity index (χ0) is 14.6. The van der Waals surface area contributed by atoms with Crippen LogP contribution in [0.25, 0.3) is 10.4 Å². The number of benzene rings is 1. The van der Waals surface area contributed by atoms with Crippen molar-refractivity contribution in [2.75, 3.05) is 13.1 Å². The minimum Gasteiger partial charge on any atom is -0.207 e. The third kappa shape index (κ3) is 3.12. The summed E-state index contributed by atoms with van der Waals surface area (Å²) in [6.07, 6.45) is 2.34. The molecule has 20 heavy (non-hydrogen) atoms. The fourth-order valence-electron chi connectivity index (χ4n) is 2.35. The Morgan fingerprint density at radius 3 is 2.70 bits per heavy atom. The molecule has 0 amide bonds. The maximum absolute atomic E-state index is 12.5. The Bertz CT molecular complexity index is 606. The molecule has 0 radical (unpaired) electrons. The third-order valence-corrected chi connectivity index (χ3v) is 5.42. The molecule has 0 aromatic heterocycles. The van der Waals surface area contributed by atoms with Gasteiger partial charge in [-0.15, -0.1) is 0 Å². The van der Waals surface area contributed by atoms with E-state index in [4.69, 9.17) is 5.53 Å². The first-order chi connectivity index (χ1) is 9.57.